The van der Waals surface area contributed by atoms with Gasteiger partial charge >= 0.3 is 0 Å². The summed E-state index contributed by atoms with van der Waals surface area (Å²) < 4.78 is 56.7. The van der Waals surface area contributed by atoms with Crippen molar-refractivity contribution in [2.75, 3.05) is 13.6 Å². The van der Waals surface area contributed by atoms with Gasteiger partial charge in [0.2, 0.25) is 5.96 Å². The third-order valence-corrected chi connectivity index (χ3v) is 2.54. The number of aromatic amines is 1. The standard InChI is InChI=1S/C14H19N5O/c1-3-6-16-14(15)19-18-9-10-8-17-13-5-4-11(20-2)7-12(10)13/h4-5,7-9,17H,3,6H2,1-2H3,(H3,15,16,19)/b18-9+/i1D3,3D2,6D2. The average molecular weight is 280 g/mol. The Bertz CT molecular complexity index is 872. The number of benzene rings is 1. The minimum absolute atomic E-state index is 0.568. The Hall–Kier alpha value is -2.50. The molecule has 20 heavy (non-hydrogen) atoms. The second-order valence-corrected chi connectivity index (χ2v) is 3.76. The largest absolute Gasteiger partial charge is 0.497 e. The number of methoxy groups -OCH3 is 1. The lowest BCUT2D eigenvalue weighted by molar-refractivity contribution is 0.415. The van der Waals surface area contributed by atoms with Gasteiger partial charge in [-0.3, -0.25) is 4.99 Å². The molecule has 0 spiro atoms. The van der Waals surface area contributed by atoms with E-state index < -0.39 is 25.7 Å². The third kappa shape index (κ3) is 3.28. The molecular formula is C14H19N5O. The van der Waals surface area contributed by atoms with E-state index in [2.05, 4.69) is 20.5 Å². The number of nitrogens with zero attached hydrogens (tertiary/aromatic N) is 2. The average Bonchev–Trinajstić information content (AvgIpc) is 2.95. The van der Waals surface area contributed by atoms with Gasteiger partial charge in [-0.2, -0.15) is 5.10 Å². The molecule has 0 aliphatic carbocycles. The van der Waals surface area contributed by atoms with E-state index in [9.17, 15) is 0 Å². The Morgan fingerprint density at radius 1 is 1.65 bits per heavy atom. The maximum atomic E-state index is 7.60. The first-order chi connectivity index (χ1) is 12.4. The van der Waals surface area contributed by atoms with Crippen molar-refractivity contribution in [3.05, 3.63) is 30.0 Å². The van der Waals surface area contributed by atoms with Crippen LogP contribution in [0.15, 0.2) is 34.5 Å². The van der Waals surface area contributed by atoms with Crippen molar-refractivity contribution in [1.82, 2.24) is 10.4 Å². The SMILES string of the molecule is [2H]C([2H])([2H])C([2H])([2H])C([2H])([2H])N=C(N)N/N=C/c1c[nH]c2ccc(OC)cc12. The van der Waals surface area contributed by atoms with Gasteiger partial charge in [0.25, 0.3) is 0 Å². The molecule has 106 valence electrons. The van der Waals surface area contributed by atoms with Crippen LogP contribution in [0.5, 0.6) is 5.75 Å². The summed E-state index contributed by atoms with van der Waals surface area (Å²) in [7, 11) is 1.55. The van der Waals surface area contributed by atoms with Crippen LogP contribution in [0.4, 0.5) is 0 Å². The summed E-state index contributed by atoms with van der Waals surface area (Å²) in [5.41, 5.74) is 9.29. The van der Waals surface area contributed by atoms with Crippen LogP contribution in [0.2, 0.25) is 0 Å². The fourth-order valence-electron chi connectivity index (χ4n) is 1.64. The van der Waals surface area contributed by atoms with Crippen LogP contribution in [0.1, 0.15) is 28.4 Å². The quantitative estimate of drug-likeness (QED) is 0.443. The zero-order chi connectivity index (χ0) is 20.5. The second kappa shape index (κ2) is 6.60. The van der Waals surface area contributed by atoms with Crippen molar-refractivity contribution < 1.29 is 14.3 Å². The molecule has 1 heterocycles. The van der Waals surface area contributed by atoms with Crippen molar-refractivity contribution in [2.24, 2.45) is 15.8 Å². The summed E-state index contributed by atoms with van der Waals surface area (Å²) in [6, 6.07) is 5.43. The Kier molecular flexibility index (Phi) is 2.42. The third-order valence-electron chi connectivity index (χ3n) is 2.54. The first kappa shape index (κ1) is 7.33. The van der Waals surface area contributed by atoms with E-state index in [0.717, 1.165) is 10.9 Å². The highest BCUT2D eigenvalue weighted by Crippen LogP contribution is 2.22. The normalized spacial score (nSPS) is 19.4. The lowest BCUT2D eigenvalue weighted by atomic mass is 10.2. The molecule has 1 aromatic carbocycles. The van der Waals surface area contributed by atoms with Gasteiger partial charge < -0.3 is 15.5 Å². The van der Waals surface area contributed by atoms with Gasteiger partial charge in [0.1, 0.15) is 5.75 Å². The molecule has 0 amide bonds. The molecule has 0 atom stereocenters. The summed E-state index contributed by atoms with van der Waals surface area (Å²) >= 11 is 0. The molecule has 0 unspecified atom stereocenters. The van der Waals surface area contributed by atoms with Crippen molar-refractivity contribution >= 4 is 23.1 Å². The maximum absolute atomic E-state index is 7.60. The number of guanidine groups is 1. The fraction of sp³-hybridized carbons (Fsp3) is 0.286. The van der Waals surface area contributed by atoms with Crippen LogP contribution in [-0.2, 0) is 0 Å². The highest BCUT2D eigenvalue weighted by molar-refractivity contribution is 5.99. The number of aliphatic imine (C=N–C) groups is 1. The highest BCUT2D eigenvalue weighted by Gasteiger charge is 2.02. The van der Waals surface area contributed by atoms with E-state index in [0.29, 0.717) is 11.3 Å². The number of hydrazone groups is 1. The Balaban J connectivity index is 2.17. The maximum Gasteiger partial charge on any atom is 0.209 e. The fourth-order valence-corrected chi connectivity index (χ4v) is 1.64. The van der Waals surface area contributed by atoms with Crippen LogP contribution in [0.3, 0.4) is 0 Å². The Morgan fingerprint density at radius 2 is 2.55 bits per heavy atom. The predicted molar refractivity (Wildman–Crippen MR) is 82.4 cm³/mol. The molecular weight excluding hydrogens is 254 g/mol. The monoisotopic (exact) mass is 280 g/mol. The zero-order valence-electron chi connectivity index (χ0n) is 17.8. The number of aromatic nitrogens is 1. The number of hydrogen-bond donors (Lipinski definition) is 3. The number of hydrogen-bond acceptors (Lipinski definition) is 3. The molecule has 0 fully saturated rings. The summed E-state index contributed by atoms with van der Waals surface area (Å²) in [4.78, 5) is 6.34. The number of ether oxygens (including phenoxy) is 1. The number of nitrogens with two attached hydrogens (primary N) is 1. The van der Waals surface area contributed by atoms with E-state index in [4.69, 9.17) is 20.1 Å². The first-order valence-electron chi connectivity index (χ1n) is 9.18. The number of H-pyrrole nitrogens is 1. The van der Waals surface area contributed by atoms with Crippen molar-refractivity contribution in [2.45, 2.75) is 13.2 Å². The van der Waals surface area contributed by atoms with Crippen LogP contribution in [0, 0.1) is 0 Å². The summed E-state index contributed by atoms with van der Waals surface area (Å²) in [5.74, 6) is 0.0904. The van der Waals surface area contributed by atoms with Gasteiger partial charge in [-0.05, 0) is 24.6 Å². The minimum atomic E-state index is -3.23. The molecule has 1 aromatic heterocycles. The summed E-state index contributed by atoms with van der Waals surface area (Å²) in [6.45, 7) is -6.30. The Morgan fingerprint density at radius 3 is 3.35 bits per heavy atom. The second-order valence-electron chi connectivity index (χ2n) is 3.76. The van der Waals surface area contributed by atoms with Gasteiger partial charge in [-0.1, -0.05) is 6.85 Å². The van der Waals surface area contributed by atoms with E-state index in [1.165, 1.54) is 6.21 Å². The van der Waals surface area contributed by atoms with E-state index in [1.807, 2.05) is 6.07 Å². The van der Waals surface area contributed by atoms with Gasteiger partial charge in [0, 0.05) is 36.0 Å². The highest BCUT2D eigenvalue weighted by atomic mass is 16.5. The van der Waals surface area contributed by atoms with Gasteiger partial charge in [-0.25, -0.2) is 5.43 Å². The van der Waals surface area contributed by atoms with Crippen LogP contribution in [-0.4, -0.2) is 30.8 Å². The summed E-state index contributed by atoms with van der Waals surface area (Å²) in [5, 5.41) is 4.65. The lowest BCUT2D eigenvalue weighted by Gasteiger charge is -2.00. The number of rotatable bonds is 5. The molecule has 6 nitrogen and oxygen atoms in total. The van der Waals surface area contributed by atoms with E-state index >= 15 is 0 Å². The van der Waals surface area contributed by atoms with Gasteiger partial charge in [-0.15, -0.1) is 0 Å². The van der Waals surface area contributed by atoms with Crippen LogP contribution >= 0.6 is 0 Å². The molecule has 2 rings (SSSR count). The Labute approximate surface area is 127 Å². The number of nitrogens with one attached hydrogen (secondary N) is 2. The molecule has 0 aliphatic rings. The molecule has 2 aromatic rings. The zero-order valence-corrected chi connectivity index (χ0v) is 10.8. The van der Waals surface area contributed by atoms with Crippen molar-refractivity contribution in [3.8, 4) is 5.75 Å². The predicted octanol–water partition coefficient (Wildman–Crippen LogP) is 1.82. The molecule has 0 saturated heterocycles. The summed E-state index contributed by atoms with van der Waals surface area (Å²) in [6.07, 6.45) is -0.146. The molecule has 0 saturated carbocycles. The topological polar surface area (TPSA) is 87.8 Å². The first-order valence-corrected chi connectivity index (χ1v) is 5.68. The smallest absolute Gasteiger partial charge is 0.209 e. The molecule has 0 bridgehead atoms. The van der Waals surface area contributed by atoms with Crippen LogP contribution in [0.25, 0.3) is 10.9 Å². The van der Waals surface area contributed by atoms with E-state index in [-0.39, 0.29) is 0 Å². The molecule has 0 radical (unpaired) electrons. The van der Waals surface area contributed by atoms with Crippen LogP contribution < -0.4 is 15.9 Å². The minimum Gasteiger partial charge on any atom is -0.497 e. The molecule has 4 N–H and O–H groups in total. The van der Waals surface area contributed by atoms with Crippen molar-refractivity contribution in [3.63, 3.8) is 0 Å². The number of fused-ring (bicyclic) bond motifs is 1. The van der Waals surface area contributed by atoms with Gasteiger partial charge in [0.05, 0.1) is 16.1 Å². The van der Waals surface area contributed by atoms with Crippen molar-refractivity contribution in [1.29, 1.82) is 0 Å². The lowest BCUT2D eigenvalue weighted by Crippen LogP contribution is -2.27. The van der Waals surface area contributed by atoms with Gasteiger partial charge in [0.15, 0.2) is 0 Å². The van der Waals surface area contributed by atoms with E-state index in [1.54, 1.807) is 25.4 Å². The molecule has 0 aliphatic heterocycles. The molecule has 6 heteroatoms.